The van der Waals surface area contributed by atoms with Crippen LogP contribution in [0.5, 0.6) is 11.5 Å². The van der Waals surface area contributed by atoms with Crippen LogP contribution < -0.4 is 0 Å². The van der Waals surface area contributed by atoms with Crippen LogP contribution in [0.3, 0.4) is 0 Å². The number of aromatic hydroxyl groups is 2. The van der Waals surface area contributed by atoms with E-state index in [1.54, 1.807) is 0 Å². The highest BCUT2D eigenvalue weighted by Gasteiger charge is 2.54. The number of benzene rings is 4. The number of pyridine rings is 1. The Labute approximate surface area is 365 Å². The van der Waals surface area contributed by atoms with E-state index in [4.69, 9.17) is 4.98 Å². The Morgan fingerprint density at radius 2 is 0.839 bits per heavy atom. The molecule has 0 amide bonds. The minimum Gasteiger partial charge on any atom is -0.507 e. The molecule has 4 aromatic carbocycles. The zero-order valence-electron chi connectivity index (χ0n) is 36.8. The average Bonchev–Trinajstić information content (AvgIpc) is 3.71. The van der Waals surface area contributed by atoms with Crippen LogP contribution in [0.1, 0.15) is 99.3 Å². The fraction of sp³-hybridized carbons (Fsp3) is 0.421. The largest absolute Gasteiger partial charge is 0.507 e. The summed E-state index contributed by atoms with van der Waals surface area (Å²) in [5, 5.41) is 27.7. The zero-order chi connectivity index (χ0) is 41.8. The average molecular weight is 818 g/mol. The SMILES string of the molecule is Cc1cc(-c2c(-c3cccc(-c4c(-c5cc(C)cc(C67CC8CC(CC(C8)C6)C7)c5O)n(C)c5ccccc45)n3)c3ccccc3n2C)c(O)c(C23CC4CC(CC(C4)C2)C3)c1. The van der Waals surface area contributed by atoms with E-state index in [2.05, 4.69) is 128 Å². The molecule has 0 atom stereocenters. The lowest BCUT2D eigenvalue weighted by molar-refractivity contribution is -0.00627. The van der Waals surface area contributed by atoms with Crippen LogP contribution >= 0.6 is 0 Å². The molecule has 0 radical (unpaired) electrons. The van der Waals surface area contributed by atoms with Crippen LogP contribution in [-0.4, -0.2) is 24.3 Å². The lowest BCUT2D eigenvalue weighted by atomic mass is 9.48. The van der Waals surface area contributed by atoms with Gasteiger partial charge in [-0.3, -0.25) is 0 Å². The predicted octanol–water partition coefficient (Wildman–Crippen LogP) is 13.7. The summed E-state index contributed by atoms with van der Waals surface area (Å²) >= 11 is 0. The van der Waals surface area contributed by atoms with Crippen LogP contribution in [0.2, 0.25) is 0 Å². The number of hydrogen-bond acceptors (Lipinski definition) is 3. The van der Waals surface area contributed by atoms with Gasteiger partial charge in [-0.15, -0.1) is 0 Å². The molecule has 8 aliphatic carbocycles. The highest BCUT2D eigenvalue weighted by molar-refractivity contribution is 6.07. The van der Waals surface area contributed by atoms with Crippen LogP contribution in [0.4, 0.5) is 0 Å². The quantitative estimate of drug-likeness (QED) is 0.176. The van der Waals surface area contributed by atoms with Gasteiger partial charge in [0.25, 0.3) is 0 Å². The molecule has 0 unspecified atom stereocenters. The van der Waals surface area contributed by atoms with Crippen molar-refractivity contribution < 1.29 is 10.2 Å². The second-order valence-electron chi connectivity index (χ2n) is 21.8. The smallest absolute Gasteiger partial charge is 0.128 e. The third-order valence-corrected chi connectivity index (χ3v) is 17.7. The molecular formula is C57H59N3O2. The van der Waals surface area contributed by atoms with Gasteiger partial charge in [0.1, 0.15) is 11.5 Å². The fourth-order valence-electron chi connectivity index (χ4n) is 16.3. The standard InChI is InChI=1S/C57H59N3O2/c1-32-16-42(54(61)44(18-32)56-26-34-20-35(27-56)22-36(21-34)28-56)52-50(40-10-5-7-14-48(40)59(52)3)46-12-9-13-47(58-46)51-41-11-6-8-15-49(41)60(4)53(51)43-17-33(2)19-45(55(43)62)57-29-37-23-38(30-57)25-39(24-37)31-57/h5-19,34-39,61-62H,20-31H2,1-4H3. The van der Waals surface area contributed by atoms with Crippen molar-refractivity contribution in [1.29, 1.82) is 0 Å². The van der Waals surface area contributed by atoms with Gasteiger partial charge in [0.05, 0.1) is 22.8 Å². The molecule has 3 aromatic heterocycles. The normalized spacial score (nSPS) is 29.4. The van der Waals surface area contributed by atoms with Crippen LogP contribution in [0.15, 0.2) is 91.0 Å². The second-order valence-corrected chi connectivity index (χ2v) is 21.8. The predicted molar refractivity (Wildman–Crippen MR) is 251 cm³/mol. The minimum absolute atomic E-state index is 0.0597. The molecule has 5 heteroatoms. The van der Waals surface area contributed by atoms with Crippen molar-refractivity contribution in [3.8, 4) is 56.5 Å². The van der Waals surface area contributed by atoms with Gasteiger partial charge in [-0.05, 0) is 185 Å². The molecule has 0 aliphatic heterocycles. The summed E-state index contributed by atoms with van der Waals surface area (Å²) in [5.74, 6) is 5.64. The van der Waals surface area contributed by atoms with Crippen LogP contribution in [0.25, 0.3) is 66.8 Å². The first-order valence-corrected chi connectivity index (χ1v) is 23.9. The van der Waals surface area contributed by atoms with E-state index < -0.39 is 0 Å². The lowest BCUT2D eigenvalue weighted by Crippen LogP contribution is -2.48. The van der Waals surface area contributed by atoms with E-state index in [0.29, 0.717) is 11.5 Å². The first-order valence-electron chi connectivity index (χ1n) is 23.9. The monoisotopic (exact) mass is 817 g/mol. The Kier molecular flexibility index (Phi) is 7.89. The van der Waals surface area contributed by atoms with Crippen molar-refractivity contribution in [2.75, 3.05) is 0 Å². The lowest BCUT2D eigenvalue weighted by Gasteiger charge is -2.57. The number of aryl methyl sites for hydroxylation is 4. The summed E-state index contributed by atoms with van der Waals surface area (Å²) < 4.78 is 4.58. The van der Waals surface area contributed by atoms with E-state index in [0.717, 1.165) is 102 Å². The molecule has 3 heterocycles. The van der Waals surface area contributed by atoms with Crippen molar-refractivity contribution >= 4 is 21.8 Å². The number of fused-ring (bicyclic) bond motifs is 2. The molecule has 8 saturated carbocycles. The highest BCUT2D eigenvalue weighted by Crippen LogP contribution is 2.64. The third-order valence-electron chi connectivity index (χ3n) is 17.7. The van der Waals surface area contributed by atoms with Crippen molar-refractivity contribution in [2.45, 2.75) is 102 Å². The van der Waals surface area contributed by atoms with Gasteiger partial charge in [0.2, 0.25) is 0 Å². The maximum absolute atomic E-state index is 12.7. The maximum Gasteiger partial charge on any atom is 0.128 e. The minimum atomic E-state index is 0.0597. The second kappa shape index (κ2) is 13.1. The van der Waals surface area contributed by atoms with Gasteiger partial charge >= 0.3 is 0 Å². The number of rotatable bonds is 6. The van der Waals surface area contributed by atoms with E-state index in [1.165, 1.54) is 99.3 Å². The molecule has 7 aromatic rings. The van der Waals surface area contributed by atoms with Gasteiger partial charge in [-0.25, -0.2) is 4.98 Å². The molecule has 15 rings (SSSR count). The fourth-order valence-corrected chi connectivity index (χ4v) is 16.3. The third kappa shape index (κ3) is 5.29. The number of nitrogens with zero attached hydrogens (tertiary/aromatic N) is 3. The summed E-state index contributed by atoms with van der Waals surface area (Å²) in [4.78, 5) is 5.68. The van der Waals surface area contributed by atoms with Crippen LogP contribution in [0, 0.1) is 49.4 Å². The molecular weight excluding hydrogens is 759 g/mol. The Bertz CT molecular complexity index is 2750. The van der Waals surface area contributed by atoms with Crippen molar-refractivity contribution in [3.63, 3.8) is 0 Å². The van der Waals surface area contributed by atoms with E-state index in [9.17, 15) is 10.2 Å². The number of hydrogen-bond donors (Lipinski definition) is 2. The highest BCUT2D eigenvalue weighted by atomic mass is 16.3. The molecule has 0 spiro atoms. The molecule has 314 valence electrons. The Hall–Kier alpha value is -5.29. The summed E-state index contributed by atoms with van der Waals surface area (Å²) in [6, 6.07) is 32.9. The Morgan fingerprint density at radius 1 is 0.484 bits per heavy atom. The maximum atomic E-state index is 12.7. The zero-order valence-corrected chi connectivity index (χ0v) is 36.8. The first-order chi connectivity index (χ1) is 30.0. The molecule has 8 fully saturated rings. The van der Waals surface area contributed by atoms with E-state index in [1.807, 2.05) is 0 Å². The number of phenols is 2. The van der Waals surface area contributed by atoms with Crippen molar-refractivity contribution in [3.05, 3.63) is 113 Å². The van der Waals surface area contributed by atoms with Crippen molar-refractivity contribution in [1.82, 2.24) is 14.1 Å². The van der Waals surface area contributed by atoms with Gasteiger partial charge in [0, 0.05) is 69.3 Å². The Morgan fingerprint density at radius 3 is 1.21 bits per heavy atom. The number of aromatic nitrogens is 3. The number of phenolic OH excluding ortho intramolecular Hbond substituents is 2. The molecule has 62 heavy (non-hydrogen) atoms. The van der Waals surface area contributed by atoms with Gasteiger partial charge in [-0.1, -0.05) is 54.6 Å². The summed E-state index contributed by atoms with van der Waals surface area (Å²) in [6.07, 6.45) is 15.5. The summed E-state index contributed by atoms with van der Waals surface area (Å²) in [7, 11) is 4.31. The molecule has 0 saturated heterocycles. The molecule has 2 N–H and O–H groups in total. The molecule has 8 bridgehead atoms. The van der Waals surface area contributed by atoms with Gasteiger partial charge in [0.15, 0.2) is 0 Å². The van der Waals surface area contributed by atoms with Crippen molar-refractivity contribution in [2.24, 2.45) is 49.6 Å². The molecule has 8 aliphatic rings. The van der Waals surface area contributed by atoms with E-state index >= 15 is 0 Å². The van der Waals surface area contributed by atoms with Gasteiger partial charge < -0.3 is 19.3 Å². The molecule has 5 nitrogen and oxygen atoms in total. The summed E-state index contributed by atoms with van der Waals surface area (Å²) in [5.41, 5.74) is 14.8. The van der Waals surface area contributed by atoms with Crippen LogP contribution in [-0.2, 0) is 24.9 Å². The number of para-hydroxylation sites is 2. The first kappa shape index (κ1) is 37.3. The van der Waals surface area contributed by atoms with E-state index in [-0.39, 0.29) is 10.8 Å². The summed E-state index contributed by atoms with van der Waals surface area (Å²) in [6.45, 7) is 4.43. The Balaban J connectivity index is 1.00. The van der Waals surface area contributed by atoms with Gasteiger partial charge in [-0.2, -0.15) is 0 Å². The topological polar surface area (TPSA) is 63.2 Å².